The van der Waals surface area contributed by atoms with Crippen molar-refractivity contribution in [2.45, 2.75) is 0 Å². The van der Waals surface area contributed by atoms with E-state index < -0.39 is 0 Å². The number of hydrogen-bond donors (Lipinski definition) is 1. The van der Waals surface area contributed by atoms with Gasteiger partial charge >= 0.3 is 0 Å². The monoisotopic (exact) mass is 118 g/mol. The zero-order valence-corrected chi connectivity index (χ0v) is 5.04. The minimum Gasteiger partial charge on any atom is -0.385 e. The Morgan fingerprint density at radius 2 is 2.44 bits per heavy atom. The third-order valence-corrected chi connectivity index (χ3v) is 1.64. The lowest BCUT2D eigenvalue weighted by Crippen LogP contribution is -2.14. The molecule has 0 saturated carbocycles. The van der Waals surface area contributed by atoms with E-state index in [4.69, 9.17) is 0 Å². The van der Waals surface area contributed by atoms with Gasteiger partial charge in [-0.3, -0.25) is 0 Å². The van der Waals surface area contributed by atoms with Crippen LogP contribution in [0.5, 0.6) is 0 Å². The van der Waals surface area contributed by atoms with Gasteiger partial charge in [-0.15, -0.1) is 0 Å². The second kappa shape index (κ2) is 1.76. The first-order valence-corrected chi connectivity index (χ1v) is 3.11. The fourth-order valence-electron chi connectivity index (χ4n) is 1.13. The third-order valence-electron chi connectivity index (χ3n) is 1.64. The summed E-state index contributed by atoms with van der Waals surface area (Å²) in [6, 6.07) is 0. The highest BCUT2D eigenvalue weighted by Crippen LogP contribution is 2.23. The van der Waals surface area contributed by atoms with Crippen LogP contribution in [-0.2, 0) is 0 Å². The molecule has 1 aliphatic carbocycles. The Morgan fingerprint density at radius 3 is 3.33 bits per heavy atom. The SMILES string of the molecule is [CH]1NC=CC2=CC=CC12. The molecule has 0 saturated heterocycles. The zero-order valence-electron chi connectivity index (χ0n) is 5.04. The maximum absolute atomic E-state index is 3.06. The summed E-state index contributed by atoms with van der Waals surface area (Å²) in [4.78, 5) is 0. The Bertz CT molecular complexity index is 199. The van der Waals surface area contributed by atoms with E-state index in [0.717, 1.165) is 0 Å². The molecule has 2 rings (SSSR count). The first-order valence-electron chi connectivity index (χ1n) is 3.11. The van der Waals surface area contributed by atoms with Gasteiger partial charge in [-0.1, -0.05) is 18.2 Å². The summed E-state index contributed by atoms with van der Waals surface area (Å²) in [6.45, 7) is 2.08. The number of fused-ring (bicyclic) bond motifs is 1. The zero-order chi connectivity index (χ0) is 6.10. The molecule has 1 atom stereocenters. The molecule has 0 fully saturated rings. The molecule has 2 aliphatic rings. The third kappa shape index (κ3) is 0.689. The highest BCUT2D eigenvalue weighted by molar-refractivity contribution is 5.39. The molecule has 1 aliphatic heterocycles. The first-order chi connectivity index (χ1) is 4.47. The molecule has 1 heteroatoms. The van der Waals surface area contributed by atoms with Gasteiger partial charge in [0.25, 0.3) is 0 Å². The molecular formula is C8H8N. The summed E-state index contributed by atoms with van der Waals surface area (Å²) >= 11 is 0. The average molecular weight is 118 g/mol. The van der Waals surface area contributed by atoms with Gasteiger partial charge in [-0.05, 0) is 17.8 Å². The van der Waals surface area contributed by atoms with Gasteiger partial charge in [0.2, 0.25) is 0 Å². The summed E-state index contributed by atoms with van der Waals surface area (Å²) in [5.74, 6) is 0.523. The van der Waals surface area contributed by atoms with E-state index in [1.165, 1.54) is 5.57 Å². The Morgan fingerprint density at radius 1 is 1.44 bits per heavy atom. The minimum atomic E-state index is 0.523. The van der Waals surface area contributed by atoms with Crippen molar-refractivity contribution < 1.29 is 0 Å². The highest BCUT2D eigenvalue weighted by Gasteiger charge is 2.13. The smallest absolute Gasteiger partial charge is 0.0569 e. The van der Waals surface area contributed by atoms with E-state index in [2.05, 4.69) is 36.2 Å². The fraction of sp³-hybridized carbons (Fsp3) is 0.125. The largest absolute Gasteiger partial charge is 0.385 e. The topological polar surface area (TPSA) is 12.0 Å². The second-order valence-corrected chi connectivity index (χ2v) is 2.24. The molecule has 1 unspecified atom stereocenters. The van der Waals surface area contributed by atoms with Crippen LogP contribution >= 0.6 is 0 Å². The molecule has 0 aromatic heterocycles. The van der Waals surface area contributed by atoms with Crippen LogP contribution in [0.4, 0.5) is 0 Å². The Kier molecular flexibility index (Phi) is 0.950. The Balaban J connectivity index is 2.31. The Labute approximate surface area is 54.8 Å². The van der Waals surface area contributed by atoms with E-state index in [-0.39, 0.29) is 0 Å². The summed E-state index contributed by atoms with van der Waals surface area (Å²) in [5.41, 5.74) is 1.38. The van der Waals surface area contributed by atoms with Crippen molar-refractivity contribution in [1.29, 1.82) is 0 Å². The maximum Gasteiger partial charge on any atom is 0.0569 e. The van der Waals surface area contributed by atoms with Gasteiger partial charge in [0.15, 0.2) is 0 Å². The molecule has 0 bridgehead atoms. The van der Waals surface area contributed by atoms with E-state index in [0.29, 0.717) is 5.92 Å². The van der Waals surface area contributed by atoms with Crippen molar-refractivity contribution in [1.82, 2.24) is 5.32 Å². The quantitative estimate of drug-likeness (QED) is 0.506. The number of hydrogen-bond acceptors (Lipinski definition) is 1. The van der Waals surface area contributed by atoms with Gasteiger partial charge in [0, 0.05) is 5.92 Å². The van der Waals surface area contributed by atoms with Crippen LogP contribution in [0.1, 0.15) is 0 Å². The average Bonchev–Trinajstić information content (AvgIpc) is 2.33. The normalized spacial score (nSPS) is 29.3. The number of allylic oxidation sites excluding steroid dienone is 3. The fourth-order valence-corrected chi connectivity index (χ4v) is 1.13. The van der Waals surface area contributed by atoms with Gasteiger partial charge < -0.3 is 5.32 Å². The molecule has 45 valence electrons. The standard InChI is InChI=1S/C8H8N/c1-2-7-4-5-9-6-8(7)3-1/h1-6,8-9H. The number of nitrogens with one attached hydrogen (secondary N) is 1. The van der Waals surface area contributed by atoms with Crippen LogP contribution < -0.4 is 5.32 Å². The van der Waals surface area contributed by atoms with Crippen LogP contribution in [0.25, 0.3) is 0 Å². The lowest BCUT2D eigenvalue weighted by Gasteiger charge is -2.14. The molecule has 0 spiro atoms. The second-order valence-electron chi connectivity index (χ2n) is 2.24. The highest BCUT2D eigenvalue weighted by atomic mass is 14.8. The van der Waals surface area contributed by atoms with Crippen LogP contribution in [-0.4, -0.2) is 0 Å². The van der Waals surface area contributed by atoms with Crippen LogP contribution in [0.15, 0.2) is 36.1 Å². The summed E-state index contributed by atoms with van der Waals surface area (Å²) in [6.07, 6.45) is 10.5. The van der Waals surface area contributed by atoms with Crippen molar-refractivity contribution in [3.05, 3.63) is 42.6 Å². The molecule has 1 radical (unpaired) electrons. The first kappa shape index (κ1) is 4.86. The molecule has 0 aromatic rings. The lowest BCUT2D eigenvalue weighted by molar-refractivity contribution is 0.803. The summed E-state index contributed by atoms with van der Waals surface area (Å²) < 4.78 is 0. The predicted molar refractivity (Wildman–Crippen MR) is 37.3 cm³/mol. The molecule has 1 N–H and O–H groups in total. The van der Waals surface area contributed by atoms with Gasteiger partial charge in [0.05, 0.1) is 6.54 Å². The summed E-state index contributed by atoms with van der Waals surface area (Å²) in [7, 11) is 0. The van der Waals surface area contributed by atoms with E-state index in [1.54, 1.807) is 0 Å². The molecule has 9 heavy (non-hydrogen) atoms. The molecule has 0 amide bonds. The van der Waals surface area contributed by atoms with Crippen LogP contribution in [0.3, 0.4) is 0 Å². The van der Waals surface area contributed by atoms with Crippen molar-refractivity contribution in [3.63, 3.8) is 0 Å². The maximum atomic E-state index is 3.06. The van der Waals surface area contributed by atoms with Gasteiger partial charge in [0.1, 0.15) is 0 Å². The molecule has 0 aromatic carbocycles. The Hall–Kier alpha value is -0.980. The van der Waals surface area contributed by atoms with Gasteiger partial charge in [-0.25, -0.2) is 0 Å². The molecule has 1 nitrogen and oxygen atoms in total. The van der Waals surface area contributed by atoms with E-state index in [9.17, 15) is 0 Å². The van der Waals surface area contributed by atoms with Crippen molar-refractivity contribution in [3.8, 4) is 0 Å². The predicted octanol–water partition coefficient (Wildman–Crippen LogP) is 1.38. The van der Waals surface area contributed by atoms with Crippen molar-refractivity contribution in [2.24, 2.45) is 5.92 Å². The van der Waals surface area contributed by atoms with Crippen LogP contribution in [0.2, 0.25) is 0 Å². The summed E-state index contributed by atoms with van der Waals surface area (Å²) in [5, 5.41) is 3.06. The molecule has 1 heterocycles. The lowest BCUT2D eigenvalue weighted by atomic mass is 10.0. The van der Waals surface area contributed by atoms with Crippen molar-refractivity contribution >= 4 is 0 Å². The number of rotatable bonds is 0. The minimum absolute atomic E-state index is 0.523. The van der Waals surface area contributed by atoms with E-state index >= 15 is 0 Å². The van der Waals surface area contributed by atoms with E-state index in [1.807, 2.05) is 6.20 Å². The molecular weight excluding hydrogens is 110 g/mol. The van der Waals surface area contributed by atoms with Crippen molar-refractivity contribution in [2.75, 3.05) is 0 Å². The van der Waals surface area contributed by atoms with Gasteiger partial charge in [-0.2, -0.15) is 0 Å². The van der Waals surface area contributed by atoms with Crippen LogP contribution in [0, 0.1) is 12.5 Å².